The molecule has 1 N–H and O–H groups in total. The number of thiazole rings is 1. The number of nitrogens with zero attached hydrogens (tertiary/aromatic N) is 3. The van der Waals surface area contributed by atoms with Crippen molar-refractivity contribution >= 4 is 21.6 Å². The molecule has 2 aromatic rings. The number of nitrogens with one attached hydrogen (secondary N) is 1. The summed E-state index contributed by atoms with van der Waals surface area (Å²) < 4.78 is 1.23. The van der Waals surface area contributed by atoms with Gasteiger partial charge in [0.2, 0.25) is 0 Å². The molecule has 1 unspecified atom stereocenters. The third kappa shape index (κ3) is 2.18. The maximum Gasteiger partial charge on any atom is 0.111 e. The van der Waals surface area contributed by atoms with Crippen LogP contribution in [0.4, 0.5) is 0 Å². The molecule has 17 heavy (non-hydrogen) atoms. The molecule has 3 rings (SSSR count). The van der Waals surface area contributed by atoms with E-state index in [9.17, 15) is 0 Å². The predicted molar refractivity (Wildman–Crippen MR) is 70.3 cm³/mol. The van der Waals surface area contributed by atoms with E-state index < -0.39 is 0 Å². The van der Waals surface area contributed by atoms with Gasteiger partial charge in [0, 0.05) is 32.4 Å². The second-order valence-corrected chi connectivity index (χ2v) is 5.42. The summed E-state index contributed by atoms with van der Waals surface area (Å²) in [7, 11) is 0. The third-order valence-corrected chi connectivity index (χ3v) is 4.47. The minimum absolute atomic E-state index is 0.412. The Balaban J connectivity index is 1.86. The van der Waals surface area contributed by atoms with E-state index in [1.807, 2.05) is 18.5 Å². The Morgan fingerprint density at radius 2 is 2.24 bits per heavy atom. The molecule has 0 spiro atoms. The Hall–Kier alpha value is -1.04. The van der Waals surface area contributed by atoms with E-state index in [-0.39, 0.29) is 0 Å². The first-order chi connectivity index (χ1) is 8.34. The molecule has 0 bridgehead atoms. The molecule has 90 valence electrons. The van der Waals surface area contributed by atoms with Gasteiger partial charge in [-0.1, -0.05) is 0 Å². The van der Waals surface area contributed by atoms with Gasteiger partial charge in [-0.05, 0) is 13.0 Å². The first-order valence-electron chi connectivity index (χ1n) is 6.00. The van der Waals surface area contributed by atoms with Gasteiger partial charge in [-0.25, -0.2) is 4.98 Å². The van der Waals surface area contributed by atoms with Crippen molar-refractivity contribution < 1.29 is 0 Å². The molecule has 0 saturated carbocycles. The molecular weight excluding hydrogens is 232 g/mol. The average molecular weight is 248 g/mol. The summed E-state index contributed by atoms with van der Waals surface area (Å²) in [6.07, 6.45) is 3.68. The van der Waals surface area contributed by atoms with Crippen molar-refractivity contribution in [1.29, 1.82) is 0 Å². The van der Waals surface area contributed by atoms with Crippen molar-refractivity contribution in [3.05, 3.63) is 23.5 Å². The van der Waals surface area contributed by atoms with Crippen LogP contribution in [0.15, 0.2) is 18.5 Å². The van der Waals surface area contributed by atoms with Crippen LogP contribution in [0, 0.1) is 0 Å². The Labute approximate surface area is 105 Å². The molecule has 0 aromatic carbocycles. The predicted octanol–water partition coefficient (Wildman–Crippen LogP) is 1.66. The van der Waals surface area contributed by atoms with Crippen LogP contribution in [0.5, 0.6) is 0 Å². The lowest BCUT2D eigenvalue weighted by Gasteiger charge is -2.31. The van der Waals surface area contributed by atoms with Crippen LogP contribution < -0.4 is 5.32 Å². The normalized spacial score (nSPS) is 19.6. The zero-order chi connectivity index (χ0) is 11.7. The van der Waals surface area contributed by atoms with Crippen molar-refractivity contribution in [3.63, 3.8) is 0 Å². The molecule has 0 amide bonds. The van der Waals surface area contributed by atoms with Gasteiger partial charge in [-0.3, -0.25) is 9.88 Å². The highest BCUT2D eigenvalue weighted by molar-refractivity contribution is 7.18. The molecule has 1 saturated heterocycles. The number of piperazine rings is 1. The summed E-state index contributed by atoms with van der Waals surface area (Å²) in [5, 5.41) is 4.58. The highest BCUT2D eigenvalue weighted by atomic mass is 32.1. The first kappa shape index (κ1) is 11.1. The smallest absolute Gasteiger partial charge is 0.111 e. The van der Waals surface area contributed by atoms with Gasteiger partial charge >= 0.3 is 0 Å². The van der Waals surface area contributed by atoms with Gasteiger partial charge < -0.3 is 5.32 Å². The van der Waals surface area contributed by atoms with E-state index in [0.717, 1.165) is 31.7 Å². The molecular formula is C12H16N4S. The summed E-state index contributed by atoms with van der Waals surface area (Å²) in [4.78, 5) is 11.3. The van der Waals surface area contributed by atoms with Crippen LogP contribution in [0.2, 0.25) is 0 Å². The van der Waals surface area contributed by atoms with Crippen LogP contribution in [-0.4, -0.2) is 41.0 Å². The Bertz CT molecular complexity index is 471. The van der Waals surface area contributed by atoms with Crippen molar-refractivity contribution in [3.8, 4) is 0 Å². The number of hydrogen-bond donors (Lipinski definition) is 1. The second kappa shape index (κ2) is 4.68. The molecule has 0 aliphatic carbocycles. The van der Waals surface area contributed by atoms with Gasteiger partial charge in [0.15, 0.2) is 0 Å². The van der Waals surface area contributed by atoms with Gasteiger partial charge in [0.1, 0.15) is 5.01 Å². The van der Waals surface area contributed by atoms with Crippen molar-refractivity contribution in [2.45, 2.75) is 13.0 Å². The number of rotatable bonds is 2. The molecule has 2 aromatic heterocycles. The summed E-state index contributed by atoms with van der Waals surface area (Å²) in [6, 6.07) is 2.45. The van der Waals surface area contributed by atoms with E-state index in [2.05, 4.69) is 27.1 Å². The lowest BCUT2D eigenvalue weighted by molar-refractivity contribution is 0.185. The van der Waals surface area contributed by atoms with Crippen LogP contribution >= 0.6 is 11.3 Å². The van der Waals surface area contributed by atoms with E-state index in [1.165, 1.54) is 9.71 Å². The number of fused-ring (bicyclic) bond motifs is 1. The Morgan fingerprint density at radius 1 is 1.41 bits per heavy atom. The molecule has 0 radical (unpaired) electrons. The highest BCUT2D eigenvalue weighted by Crippen LogP contribution is 2.28. The Morgan fingerprint density at radius 3 is 3.00 bits per heavy atom. The fourth-order valence-electron chi connectivity index (χ4n) is 2.20. The lowest BCUT2D eigenvalue weighted by atomic mass is 10.2. The van der Waals surface area contributed by atoms with Crippen molar-refractivity contribution in [1.82, 2.24) is 20.2 Å². The van der Waals surface area contributed by atoms with Crippen LogP contribution in [0.1, 0.15) is 18.0 Å². The lowest BCUT2D eigenvalue weighted by Crippen LogP contribution is -2.44. The van der Waals surface area contributed by atoms with E-state index in [0.29, 0.717) is 6.04 Å². The van der Waals surface area contributed by atoms with Gasteiger partial charge in [0.25, 0.3) is 0 Å². The van der Waals surface area contributed by atoms with Crippen LogP contribution in [-0.2, 0) is 0 Å². The maximum atomic E-state index is 4.68. The van der Waals surface area contributed by atoms with Gasteiger partial charge in [-0.2, -0.15) is 0 Å². The molecule has 1 atom stereocenters. The number of hydrogen-bond acceptors (Lipinski definition) is 5. The summed E-state index contributed by atoms with van der Waals surface area (Å²) >= 11 is 1.79. The van der Waals surface area contributed by atoms with Crippen LogP contribution in [0.25, 0.3) is 10.2 Å². The molecule has 5 heteroatoms. The summed E-state index contributed by atoms with van der Waals surface area (Å²) in [6.45, 7) is 6.62. The quantitative estimate of drug-likeness (QED) is 0.877. The SMILES string of the molecule is CC(c1nc2cnccc2s1)N1CCNCC1. The average Bonchev–Trinajstić information content (AvgIpc) is 2.82. The number of aromatic nitrogens is 2. The fourth-order valence-corrected chi connectivity index (χ4v) is 3.22. The van der Waals surface area contributed by atoms with Gasteiger partial charge in [-0.15, -0.1) is 11.3 Å². The van der Waals surface area contributed by atoms with Gasteiger partial charge in [0.05, 0.1) is 22.5 Å². The monoisotopic (exact) mass is 248 g/mol. The first-order valence-corrected chi connectivity index (χ1v) is 6.81. The minimum Gasteiger partial charge on any atom is -0.314 e. The molecule has 3 heterocycles. The standard InChI is InChI=1S/C12H16N4S/c1-9(16-6-4-13-5-7-16)12-15-10-8-14-3-2-11(10)17-12/h2-3,8-9,13H,4-7H2,1H3. The molecule has 4 nitrogen and oxygen atoms in total. The fraction of sp³-hybridized carbons (Fsp3) is 0.500. The maximum absolute atomic E-state index is 4.68. The Kier molecular flexibility index (Phi) is 3.05. The van der Waals surface area contributed by atoms with E-state index in [1.54, 1.807) is 11.3 Å². The second-order valence-electron chi connectivity index (χ2n) is 4.36. The van der Waals surface area contributed by atoms with E-state index >= 15 is 0 Å². The van der Waals surface area contributed by atoms with Crippen molar-refractivity contribution in [2.75, 3.05) is 26.2 Å². The summed E-state index contributed by atoms with van der Waals surface area (Å²) in [5.41, 5.74) is 1.02. The highest BCUT2D eigenvalue weighted by Gasteiger charge is 2.20. The third-order valence-electron chi connectivity index (χ3n) is 3.26. The number of pyridine rings is 1. The minimum atomic E-state index is 0.412. The zero-order valence-corrected chi connectivity index (χ0v) is 10.7. The summed E-state index contributed by atoms with van der Waals surface area (Å²) in [5.74, 6) is 0. The van der Waals surface area contributed by atoms with Crippen LogP contribution in [0.3, 0.4) is 0 Å². The molecule has 1 fully saturated rings. The van der Waals surface area contributed by atoms with E-state index in [4.69, 9.17) is 0 Å². The van der Waals surface area contributed by atoms with Crippen molar-refractivity contribution in [2.24, 2.45) is 0 Å². The topological polar surface area (TPSA) is 41.1 Å². The molecule has 1 aliphatic rings. The largest absolute Gasteiger partial charge is 0.314 e. The molecule has 1 aliphatic heterocycles. The zero-order valence-electron chi connectivity index (χ0n) is 9.89.